The van der Waals surface area contributed by atoms with E-state index in [1.165, 1.54) is 14.2 Å². The lowest BCUT2D eigenvalue weighted by molar-refractivity contribution is -0.802. The molecule has 4 amide bonds. The highest BCUT2D eigenvalue weighted by atomic mass is 16.6. The second-order valence-electron chi connectivity index (χ2n) is 14.8. The molecular formula is C40H47N10O6+. The summed E-state index contributed by atoms with van der Waals surface area (Å²) in [5.41, 5.74) is 12.3. The summed E-state index contributed by atoms with van der Waals surface area (Å²) >= 11 is 0. The van der Waals surface area contributed by atoms with Crippen LogP contribution in [0.2, 0.25) is 0 Å². The van der Waals surface area contributed by atoms with Crippen LogP contribution < -0.4 is 11.1 Å². The molecule has 0 bridgehead atoms. The Hall–Kier alpha value is -6.00. The number of benzene rings is 2. The van der Waals surface area contributed by atoms with Gasteiger partial charge in [-0.25, -0.2) is 24.5 Å². The number of imidazole rings is 2. The predicted octanol–water partition coefficient (Wildman–Crippen LogP) is 5.41. The quantitative estimate of drug-likeness (QED) is 0.139. The number of carbonyl (C=O) groups excluding carboxylic acids is 4. The molecule has 2 saturated heterocycles. The van der Waals surface area contributed by atoms with Gasteiger partial charge in [-0.05, 0) is 43.4 Å². The van der Waals surface area contributed by atoms with E-state index < -0.39 is 40.8 Å². The molecule has 2 fully saturated rings. The first-order valence-corrected chi connectivity index (χ1v) is 18.9. The van der Waals surface area contributed by atoms with Gasteiger partial charge in [-0.1, -0.05) is 44.2 Å². The number of alkyl carbamates (subject to hydrolysis) is 1. The Kier molecular flexibility index (Phi) is 10.7. The lowest BCUT2D eigenvalue weighted by atomic mass is 10.1. The predicted molar refractivity (Wildman–Crippen MR) is 206 cm³/mol. The number of nitrogens with two attached hydrogens (primary N) is 1. The van der Waals surface area contributed by atoms with Crippen molar-refractivity contribution in [1.29, 1.82) is 0 Å². The van der Waals surface area contributed by atoms with E-state index in [-0.39, 0.29) is 17.9 Å². The fourth-order valence-corrected chi connectivity index (χ4v) is 7.92. The van der Waals surface area contributed by atoms with E-state index in [9.17, 15) is 19.2 Å². The molecule has 56 heavy (non-hydrogen) atoms. The maximum absolute atomic E-state index is 13.5. The molecule has 0 radical (unpaired) electrons. The molecule has 2 unspecified atom stereocenters. The number of aromatic amines is 2. The van der Waals surface area contributed by atoms with Crippen molar-refractivity contribution in [2.75, 3.05) is 27.2 Å². The van der Waals surface area contributed by atoms with Crippen molar-refractivity contribution >= 4 is 35.0 Å². The molecule has 2 aliphatic heterocycles. The molecular weight excluding hydrogens is 717 g/mol. The number of fused-ring (bicyclic) bond motifs is 1. The van der Waals surface area contributed by atoms with E-state index in [0.717, 1.165) is 40.9 Å². The summed E-state index contributed by atoms with van der Waals surface area (Å²) in [6, 6.07) is 12.1. The van der Waals surface area contributed by atoms with Crippen LogP contribution in [0.4, 0.5) is 9.59 Å². The Balaban J connectivity index is 1.06. The van der Waals surface area contributed by atoms with Crippen LogP contribution in [0, 0.1) is 5.92 Å². The SMILES string of the molecule is CNC(=O)O[C@H](C(=O)N1CCCC1c1ncc(-c2ccc(-c3cnc4cc(-c5cnc([C@@H]6CCC[N+]6(C(=O)OC)C(=O)[C@H](C)N)[nH]5)ccc4n3)cc2)[nH]1)C(C)C. The zero-order chi connectivity index (χ0) is 39.7. The third-order valence-electron chi connectivity index (χ3n) is 10.8. The summed E-state index contributed by atoms with van der Waals surface area (Å²) in [6.45, 7) is 6.15. The number of imide groups is 1. The first-order chi connectivity index (χ1) is 26.9. The van der Waals surface area contributed by atoms with Crippen molar-refractivity contribution in [2.24, 2.45) is 11.7 Å². The number of H-pyrrole nitrogens is 2. The van der Waals surface area contributed by atoms with Crippen molar-refractivity contribution in [3.8, 4) is 33.8 Å². The number of rotatable bonds is 9. The third-order valence-corrected chi connectivity index (χ3v) is 10.8. The fraction of sp³-hybridized carbons (Fsp3) is 0.400. The molecule has 0 saturated carbocycles. The Morgan fingerprint density at radius 1 is 0.875 bits per heavy atom. The normalized spacial score (nSPS) is 20.6. The van der Waals surface area contributed by atoms with Crippen LogP contribution in [0.3, 0.4) is 0 Å². The summed E-state index contributed by atoms with van der Waals surface area (Å²) in [5, 5.41) is 2.43. The Morgan fingerprint density at radius 3 is 2.25 bits per heavy atom. The molecule has 5 N–H and O–H groups in total. The maximum atomic E-state index is 13.5. The van der Waals surface area contributed by atoms with Crippen LogP contribution in [0.1, 0.15) is 70.2 Å². The molecule has 5 aromatic rings. The molecule has 3 aromatic heterocycles. The number of ether oxygens (including phenoxy) is 2. The van der Waals surface area contributed by atoms with E-state index >= 15 is 0 Å². The number of likely N-dealkylation sites (tertiary alicyclic amines) is 2. The Morgan fingerprint density at radius 2 is 1.55 bits per heavy atom. The third kappa shape index (κ3) is 7.01. The van der Waals surface area contributed by atoms with E-state index in [0.29, 0.717) is 54.3 Å². The minimum atomic E-state index is -0.889. The molecule has 7 rings (SSSR count). The van der Waals surface area contributed by atoms with Gasteiger partial charge in [0.2, 0.25) is 0 Å². The number of methoxy groups -OCH3 is 1. The van der Waals surface area contributed by atoms with Crippen LogP contribution in [-0.4, -0.2) is 103 Å². The van der Waals surface area contributed by atoms with E-state index in [1.807, 2.05) is 56.3 Å². The number of aromatic nitrogens is 6. The summed E-state index contributed by atoms with van der Waals surface area (Å²) in [7, 11) is 2.75. The molecule has 2 aliphatic rings. The van der Waals surface area contributed by atoms with Gasteiger partial charge in [0.05, 0.1) is 66.4 Å². The molecule has 5 heterocycles. The van der Waals surface area contributed by atoms with Gasteiger partial charge in [0.15, 0.2) is 18.0 Å². The van der Waals surface area contributed by atoms with Gasteiger partial charge in [0, 0.05) is 37.6 Å². The zero-order valence-corrected chi connectivity index (χ0v) is 32.1. The topological polar surface area (TPSA) is 211 Å². The maximum Gasteiger partial charge on any atom is 0.523 e. The summed E-state index contributed by atoms with van der Waals surface area (Å²) < 4.78 is 10.00. The molecule has 292 valence electrons. The Labute approximate surface area is 323 Å². The van der Waals surface area contributed by atoms with Crippen molar-refractivity contribution in [2.45, 2.75) is 70.7 Å². The van der Waals surface area contributed by atoms with Crippen LogP contribution in [0.15, 0.2) is 61.1 Å². The zero-order valence-electron chi connectivity index (χ0n) is 32.1. The van der Waals surface area contributed by atoms with Crippen molar-refractivity contribution < 1.29 is 33.1 Å². The molecule has 0 spiro atoms. The highest BCUT2D eigenvalue weighted by Gasteiger charge is 2.58. The lowest BCUT2D eigenvalue weighted by Gasteiger charge is -2.32. The van der Waals surface area contributed by atoms with Gasteiger partial charge < -0.3 is 35.4 Å². The van der Waals surface area contributed by atoms with Crippen molar-refractivity contribution in [3.05, 3.63) is 72.7 Å². The van der Waals surface area contributed by atoms with E-state index in [1.54, 1.807) is 30.4 Å². The highest BCUT2D eigenvalue weighted by Crippen LogP contribution is 2.41. The van der Waals surface area contributed by atoms with Crippen molar-refractivity contribution in [3.63, 3.8) is 0 Å². The number of quaternary nitrogens is 1. The largest absolute Gasteiger partial charge is 0.523 e. The average Bonchev–Trinajstić information content (AvgIpc) is 4.05. The molecule has 16 nitrogen and oxygen atoms in total. The van der Waals surface area contributed by atoms with E-state index in [2.05, 4.69) is 25.3 Å². The van der Waals surface area contributed by atoms with Gasteiger partial charge in [-0.3, -0.25) is 9.78 Å². The highest BCUT2D eigenvalue weighted by molar-refractivity contribution is 5.86. The number of nitrogens with zero attached hydrogens (tertiary/aromatic N) is 6. The Bertz CT molecular complexity index is 2270. The summed E-state index contributed by atoms with van der Waals surface area (Å²) in [6.07, 6.45) is 5.84. The molecule has 0 aliphatic carbocycles. The van der Waals surface area contributed by atoms with Crippen molar-refractivity contribution in [1.82, 2.24) is 40.1 Å². The number of amides is 4. The van der Waals surface area contributed by atoms with Gasteiger partial charge >= 0.3 is 18.1 Å². The number of nitrogens with one attached hydrogen (secondary N) is 3. The minimum absolute atomic E-state index is 0.188. The smallest absolute Gasteiger partial charge is 0.436 e. The molecule has 5 atom stereocenters. The molecule has 16 heteroatoms. The number of hydrogen-bond acceptors (Lipinski definition) is 11. The second-order valence-corrected chi connectivity index (χ2v) is 14.8. The molecule has 2 aromatic carbocycles. The van der Waals surface area contributed by atoms with Crippen LogP contribution in [0.25, 0.3) is 44.8 Å². The summed E-state index contributed by atoms with van der Waals surface area (Å²) in [5.74, 6) is 0.398. The lowest BCUT2D eigenvalue weighted by Crippen LogP contribution is -2.61. The number of carbonyl (C=O) groups is 4. The minimum Gasteiger partial charge on any atom is -0.436 e. The number of hydrogen-bond donors (Lipinski definition) is 4. The fourth-order valence-electron chi connectivity index (χ4n) is 7.92. The van der Waals surface area contributed by atoms with Crippen LogP contribution in [0.5, 0.6) is 0 Å². The van der Waals surface area contributed by atoms with Gasteiger partial charge in [-0.2, -0.15) is 4.79 Å². The average molecular weight is 764 g/mol. The first-order valence-electron chi connectivity index (χ1n) is 18.9. The van der Waals surface area contributed by atoms with E-state index in [4.69, 9.17) is 25.2 Å². The van der Waals surface area contributed by atoms with Gasteiger partial charge in [0.1, 0.15) is 11.9 Å². The summed E-state index contributed by atoms with van der Waals surface area (Å²) in [4.78, 5) is 79.1. The monoisotopic (exact) mass is 763 g/mol. The van der Waals surface area contributed by atoms with Crippen LogP contribution in [-0.2, 0) is 19.1 Å². The van der Waals surface area contributed by atoms with Crippen LogP contribution >= 0.6 is 0 Å². The van der Waals surface area contributed by atoms with Gasteiger partial charge in [-0.15, -0.1) is 4.48 Å². The van der Waals surface area contributed by atoms with Gasteiger partial charge in [0.25, 0.3) is 5.91 Å². The second kappa shape index (κ2) is 15.6. The standard InChI is InChI=1S/C40H46N10O6/c1-22(2)34(56-39(53)42-4)37(51)49-16-6-8-32(49)35-44-20-30(47-35)25-12-10-24(11-13-25)29-19-43-28-18-26(14-15-27(28)46-29)31-21-45-36(48-31)33-9-7-17-50(33,40(54)55-5)38(52)23(3)41/h10-15,18-23,32-34H,6-9,16-17,41H2,1-5H3,(H2-,42,43,44,45,46,47,48,53)/p+1/t23-,32?,33-,34-,50?/m0/s1. The first kappa shape index (κ1) is 38.3.